The predicted octanol–water partition coefficient (Wildman–Crippen LogP) is 4.36. The van der Waals surface area contributed by atoms with E-state index in [2.05, 4.69) is 4.74 Å². The van der Waals surface area contributed by atoms with Crippen LogP contribution in [0.2, 0.25) is 5.02 Å². The van der Waals surface area contributed by atoms with Gasteiger partial charge < -0.3 is 13.9 Å². The van der Waals surface area contributed by atoms with Crippen molar-refractivity contribution in [1.82, 2.24) is 0 Å². The van der Waals surface area contributed by atoms with Crippen molar-refractivity contribution in [3.05, 3.63) is 63.3 Å². The molecule has 3 rings (SSSR count). The molecule has 1 aromatic heterocycles. The summed E-state index contributed by atoms with van der Waals surface area (Å²) in [6.45, 7) is 3.39. The fourth-order valence-electron chi connectivity index (χ4n) is 2.58. The number of halogens is 1. The van der Waals surface area contributed by atoms with Crippen molar-refractivity contribution in [2.75, 3.05) is 7.11 Å². The van der Waals surface area contributed by atoms with Gasteiger partial charge in [-0.1, -0.05) is 23.2 Å². The lowest BCUT2D eigenvalue weighted by Gasteiger charge is -2.15. The molecule has 0 saturated carbocycles. The van der Waals surface area contributed by atoms with Gasteiger partial charge in [0.1, 0.15) is 5.58 Å². The Morgan fingerprint density at radius 3 is 2.50 bits per heavy atom. The number of hydrogen-bond acceptors (Lipinski definition) is 5. The van der Waals surface area contributed by atoms with Crippen molar-refractivity contribution >= 4 is 28.5 Å². The lowest BCUT2D eigenvalue weighted by atomic mass is 10.1. The highest BCUT2D eigenvalue weighted by molar-refractivity contribution is 6.30. The van der Waals surface area contributed by atoms with E-state index in [1.807, 2.05) is 13.0 Å². The van der Waals surface area contributed by atoms with Crippen LogP contribution in [0.3, 0.4) is 0 Å². The molecule has 0 unspecified atom stereocenters. The number of ether oxygens (including phenoxy) is 2. The molecule has 0 saturated heterocycles. The van der Waals surface area contributed by atoms with Gasteiger partial charge in [-0.25, -0.2) is 4.79 Å². The highest BCUT2D eigenvalue weighted by atomic mass is 35.5. The summed E-state index contributed by atoms with van der Waals surface area (Å²) in [5.74, 6) is -0.391. The number of esters is 1. The molecule has 0 aliphatic rings. The second-order valence-electron chi connectivity index (χ2n) is 5.88. The zero-order chi connectivity index (χ0) is 18.8. The standard InChI is InChI=1S/C20H17ClO5/c1-11-4-9-16-15(10-11)17(22)19(25-12(2)20(23)24-3)18(26-16)13-5-7-14(21)8-6-13/h4-10,12H,1-3H3/t12-/m0/s1. The number of benzene rings is 2. The third-order valence-corrected chi connectivity index (χ3v) is 4.19. The zero-order valence-corrected chi connectivity index (χ0v) is 15.3. The highest BCUT2D eigenvalue weighted by Gasteiger charge is 2.23. The molecule has 3 aromatic rings. The third-order valence-electron chi connectivity index (χ3n) is 3.94. The average Bonchev–Trinajstić information content (AvgIpc) is 2.64. The van der Waals surface area contributed by atoms with Crippen molar-refractivity contribution in [3.63, 3.8) is 0 Å². The van der Waals surface area contributed by atoms with Gasteiger partial charge in [-0.15, -0.1) is 0 Å². The van der Waals surface area contributed by atoms with Crippen molar-refractivity contribution in [1.29, 1.82) is 0 Å². The summed E-state index contributed by atoms with van der Waals surface area (Å²) < 4.78 is 16.3. The number of hydrogen-bond donors (Lipinski definition) is 0. The molecule has 0 spiro atoms. The molecular formula is C20H17ClO5. The van der Waals surface area contributed by atoms with Crippen LogP contribution in [0.5, 0.6) is 5.75 Å². The van der Waals surface area contributed by atoms with Crippen LogP contribution in [0.1, 0.15) is 12.5 Å². The van der Waals surface area contributed by atoms with E-state index in [1.165, 1.54) is 14.0 Å². The van der Waals surface area contributed by atoms with Crippen molar-refractivity contribution < 1.29 is 18.7 Å². The summed E-state index contributed by atoms with van der Waals surface area (Å²) in [5.41, 5.74) is 1.61. The predicted molar refractivity (Wildman–Crippen MR) is 99.8 cm³/mol. The van der Waals surface area contributed by atoms with Crippen LogP contribution in [-0.2, 0) is 9.53 Å². The van der Waals surface area contributed by atoms with Crippen molar-refractivity contribution in [2.45, 2.75) is 20.0 Å². The average molecular weight is 373 g/mol. The van der Waals surface area contributed by atoms with Gasteiger partial charge in [0.25, 0.3) is 0 Å². The Balaban J connectivity index is 2.25. The molecule has 0 aliphatic carbocycles. The van der Waals surface area contributed by atoms with Gasteiger partial charge in [0.15, 0.2) is 11.9 Å². The van der Waals surface area contributed by atoms with Crippen molar-refractivity contribution in [2.24, 2.45) is 0 Å². The van der Waals surface area contributed by atoms with Gasteiger partial charge >= 0.3 is 5.97 Å². The number of carbonyl (C=O) groups excluding carboxylic acids is 1. The Labute approximate surface area is 155 Å². The summed E-state index contributed by atoms with van der Waals surface area (Å²) in [5, 5.41) is 0.938. The first kappa shape index (κ1) is 18.0. The third kappa shape index (κ3) is 3.44. The summed E-state index contributed by atoms with van der Waals surface area (Å²) >= 11 is 5.94. The van der Waals surface area contributed by atoms with Crippen LogP contribution in [0.25, 0.3) is 22.3 Å². The van der Waals surface area contributed by atoms with Crippen LogP contribution in [0, 0.1) is 6.92 Å². The summed E-state index contributed by atoms with van der Waals surface area (Å²) in [6, 6.07) is 12.1. The quantitative estimate of drug-likeness (QED) is 0.636. The molecule has 1 atom stereocenters. The Bertz CT molecular complexity index is 1020. The van der Waals surface area contributed by atoms with Gasteiger partial charge in [0.05, 0.1) is 12.5 Å². The molecule has 5 nitrogen and oxygen atoms in total. The first-order valence-corrected chi connectivity index (χ1v) is 8.36. The van der Waals surface area contributed by atoms with E-state index in [-0.39, 0.29) is 16.9 Å². The van der Waals surface area contributed by atoms with E-state index in [4.69, 9.17) is 20.8 Å². The van der Waals surface area contributed by atoms with Gasteiger partial charge in [0, 0.05) is 10.6 Å². The smallest absolute Gasteiger partial charge is 0.346 e. The minimum absolute atomic E-state index is 0.0386. The molecule has 2 aromatic carbocycles. The lowest BCUT2D eigenvalue weighted by molar-refractivity contribution is -0.147. The van der Waals surface area contributed by atoms with Gasteiger partial charge in [-0.2, -0.15) is 0 Å². The maximum atomic E-state index is 13.0. The minimum Gasteiger partial charge on any atom is -0.471 e. The normalized spacial score (nSPS) is 12.0. The Kier molecular flexibility index (Phi) is 5.00. The summed E-state index contributed by atoms with van der Waals surface area (Å²) in [4.78, 5) is 24.8. The SMILES string of the molecule is COC(=O)[C@H](C)Oc1c(-c2ccc(Cl)cc2)oc2ccc(C)cc2c1=O. The summed E-state index contributed by atoms with van der Waals surface area (Å²) in [7, 11) is 1.26. The van der Waals surface area contributed by atoms with E-state index in [9.17, 15) is 9.59 Å². The molecule has 0 aliphatic heterocycles. The van der Waals surface area contributed by atoms with Gasteiger partial charge in [-0.3, -0.25) is 4.79 Å². The molecule has 0 radical (unpaired) electrons. The number of aryl methyl sites for hydroxylation is 1. The van der Waals surface area contributed by atoms with Gasteiger partial charge in [-0.05, 0) is 50.2 Å². The molecule has 6 heteroatoms. The molecule has 1 heterocycles. The van der Waals surface area contributed by atoms with E-state index < -0.39 is 12.1 Å². The first-order valence-electron chi connectivity index (χ1n) is 7.98. The maximum Gasteiger partial charge on any atom is 0.346 e. The number of methoxy groups -OCH3 is 1. The minimum atomic E-state index is -0.962. The summed E-state index contributed by atoms with van der Waals surface area (Å²) in [6.07, 6.45) is -0.962. The van der Waals surface area contributed by atoms with E-state index >= 15 is 0 Å². The monoisotopic (exact) mass is 372 g/mol. The topological polar surface area (TPSA) is 65.7 Å². The highest BCUT2D eigenvalue weighted by Crippen LogP contribution is 2.32. The fourth-order valence-corrected chi connectivity index (χ4v) is 2.71. The van der Waals surface area contributed by atoms with Gasteiger partial charge in [0.2, 0.25) is 11.2 Å². The van der Waals surface area contributed by atoms with E-state index in [1.54, 1.807) is 36.4 Å². The van der Waals surface area contributed by atoms with Crippen LogP contribution in [0.15, 0.2) is 51.7 Å². The first-order chi connectivity index (χ1) is 12.4. The zero-order valence-electron chi connectivity index (χ0n) is 14.5. The second kappa shape index (κ2) is 7.22. The van der Waals surface area contributed by atoms with Crippen LogP contribution < -0.4 is 10.2 Å². The van der Waals surface area contributed by atoms with Crippen molar-refractivity contribution in [3.8, 4) is 17.1 Å². The molecule has 0 amide bonds. The van der Waals surface area contributed by atoms with E-state index in [0.29, 0.717) is 21.6 Å². The fraction of sp³-hybridized carbons (Fsp3) is 0.200. The number of rotatable bonds is 4. The van der Waals surface area contributed by atoms with E-state index in [0.717, 1.165) is 5.56 Å². The molecule has 0 bridgehead atoms. The van der Waals surface area contributed by atoms with Crippen LogP contribution in [-0.4, -0.2) is 19.2 Å². The van der Waals surface area contributed by atoms with Crippen LogP contribution >= 0.6 is 11.6 Å². The van der Waals surface area contributed by atoms with Crippen LogP contribution in [0.4, 0.5) is 0 Å². The largest absolute Gasteiger partial charge is 0.471 e. The number of fused-ring (bicyclic) bond motifs is 1. The second-order valence-corrected chi connectivity index (χ2v) is 6.32. The molecule has 26 heavy (non-hydrogen) atoms. The Morgan fingerprint density at radius 2 is 1.85 bits per heavy atom. The molecule has 0 fully saturated rings. The Morgan fingerprint density at radius 1 is 1.15 bits per heavy atom. The lowest BCUT2D eigenvalue weighted by Crippen LogP contribution is -2.27. The number of carbonyl (C=O) groups is 1. The molecule has 0 N–H and O–H groups in total. The maximum absolute atomic E-state index is 13.0. The molecule has 134 valence electrons. The molecular weight excluding hydrogens is 356 g/mol. The Hall–Kier alpha value is -2.79.